The first-order valence-electron chi connectivity index (χ1n) is 6.73. The maximum Gasteiger partial charge on any atom is 0.417 e. The lowest BCUT2D eigenvalue weighted by atomic mass is 10.1. The van der Waals surface area contributed by atoms with Crippen molar-refractivity contribution in [3.05, 3.63) is 41.6 Å². The van der Waals surface area contributed by atoms with Gasteiger partial charge in [0.1, 0.15) is 11.6 Å². The van der Waals surface area contributed by atoms with Crippen LogP contribution in [0.15, 0.2) is 24.5 Å². The summed E-state index contributed by atoms with van der Waals surface area (Å²) in [5.41, 5.74) is 0.291. The second-order valence-corrected chi connectivity index (χ2v) is 5.29. The van der Waals surface area contributed by atoms with Crippen LogP contribution in [0.25, 0.3) is 0 Å². The minimum Gasteiger partial charge on any atom is -0.356 e. The van der Waals surface area contributed by atoms with Gasteiger partial charge >= 0.3 is 6.18 Å². The third-order valence-corrected chi connectivity index (χ3v) is 3.70. The summed E-state index contributed by atoms with van der Waals surface area (Å²) in [5, 5.41) is 0. The molecule has 1 aliphatic heterocycles. The van der Waals surface area contributed by atoms with Gasteiger partial charge in [-0.15, -0.1) is 0 Å². The zero-order valence-corrected chi connectivity index (χ0v) is 11.5. The Labute approximate surface area is 120 Å². The molecule has 1 atom stereocenters. The first-order chi connectivity index (χ1) is 9.93. The van der Waals surface area contributed by atoms with Crippen molar-refractivity contribution >= 4 is 5.82 Å². The predicted molar refractivity (Wildman–Crippen MR) is 72.1 cm³/mol. The number of H-pyrrole nitrogens is 1. The van der Waals surface area contributed by atoms with Gasteiger partial charge in [-0.1, -0.05) is 0 Å². The van der Waals surface area contributed by atoms with Crippen molar-refractivity contribution in [3.63, 3.8) is 0 Å². The van der Waals surface area contributed by atoms with E-state index in [-0.39, 0.29) is 5.92 Å². The number of alkyl halides is 3. The zero-order valence-electron chi connectivity index (χ0n) is 11.5. The van der Waals surface area contributed by atoms with E-state index in [1.165, 1.54) is 6.07 Å². The zero-order chi connectivity index (χ0) is 15.0. The molecule has 1 unspecified atom stereocenters. The molecule has 112 valence electrons. The van der Waals surface area contributed by atoms with Gasteiger partial charge in [-0.25, -0.2) is 9.97 Å². The number of anilines is 1. The van der Waals surface area contributed by atoms with Gasteiger partial charge in [0.2, 0.25) is 0 Å². The molecule has 1 fully saturated rings. The highest BCUT2D eigenvalue weighted by molar-refractivity contribution is 5.42. The summed E-state index contributed by atoms with van der Waals surface area (Å²) in [6.45, 7) is 3.43. The number of aromatic nitrogens is 3. The van der Waals surface area contributed by atoms with Gasteiger partial charge < -0.3 is 9.88 Å². The molecule has 0 aromatic carbocycles. The molecule has 3 rings (SSSR count). The number of rotatable bonds is 2. The molecule has 0 saturated carbocycles. The lowest BCUT2D eigenvalue weighted by Crippen LogP contribution is -2.21. The highest BCUT2D eigenvalue weighted by Crippen LogP contribution is 2.31. The fourth-order valence-corrected chi connectivity index (χ4v) is 2.57. The summed E-state index contributed by atoms with van der Waals surface area (Å²) >= 11 is 0. The van der Waals surface area contributed by atoms with Crippen LogP contribution in [-0.4, -0.2) is 28.0 Å². The van der Waals surface area contributed by atoms with Crippen LogP contribution < -0.4 is 4.90 Å². The fraction of sp³-hybridized carbons (Fsp3) is 0.429. The Morgan fingerprint density at radius 3 is 2.62 bits per heavy atom. The van der Waals surface area contributed by atoms with Crippen molar-refractivity contribution < 1.29 is 13.2 Å². The van der Waals surface area contributed by atoms with E-state index in [2.05, 4.69) is 15.0 Å². The standard InChI is InChI=1S/C14H15F3N4/c1-9-6-19-13(20-9)10-4-5-21(8-10)12-3-2-11(7-18-12)14(15,16)17/h2-3,6-7,10H,4-5,8H2,1H3,(H,19,20). The van der Waals surface area contributed by atoms with Gasteiger partial charge in [0.05, 0.1) is 5.56 Å². The average molecular weight is 296 g/mol. The van der Waals surface area contributed by atoms with Gasteiger partial charge in [-0.3, -0.25) is 0 Å². The molecule has 0 spiro atoms. The Hall–Kier alpha value is -2.05. The second-order valence-electron chi connectivity index (χ2n) is 5.29. The number of imidazole rings is 1. The SMILES string of the molecule is Cc1cnc(C2CCN(c3ccc(C(F)(F)F)cn3)C2)[nH]1. The van der Waals surface area contributed by atoms with Crippen molar-refractivity contribution in [3.8, 4) is 0 Å². The lowest BCUT2D eigenvalue weighted by molar-refractivity contribution is -0.137. The van der Waals surface area contributed by atoms with Crippen molar-refractivity contribution in [2.24, 2.45) is 0 Å². The summed E-state index contributed by atoms with van der Waals surface area (Å²) in [5.74, 6) is 1.78. The largest absolute Gasteiger partial charge is 0.417 e. The molecule has 0 aliphatic carbocycles. The Balaban J connectivity index is 1.71. The van der Waals surface area contributed by atoms with Gasteiger partial charge in [-0.05, 0) is 25.5 Å². The van der Waals surface area contributed by atoms with Crippen molar-refractivity contribution in [2.75, 3.05) is 18.0 Å². The Bertz CT molecular complexity index is 618. The third-order valence-electron chi connectivity index (χ3n) is 3.70. The summed E-state index contributed by atoms with van der Waals surface area (Å²) in [7, 11) is 0. The van der Waals surface area contributed by atoms with E-state index in [4.69, 9.17) is 0 Å². The van der Waals surface area contributed by atoms with Crippen LogP contribution in [0.3, 0.4) is 0 Å². The quantitative estimate of drug-likeness (QED) is 0.926. The molecule has 2 aromatic rings. The first-order valence-corrected chi connectivity index (χ1v) is 6.73. The number of halogens is 3. The predicted octanol–water partition coefficient (Wildman–Crippen LogP) is 3.13. The van der Waals surface area contributed by atoms with Gasteiger partial charge in [0.25, 0.3) is 0 Å². The van der Waals surface area contributed by atoms with Crippen molar-refractivity contribution in [2.45, 2.75) is 25.4 Å². The van der Waals surface area contributed by atoms with Crippen LogP contribution in [0, 0.1) is 6.92 Å². The highest BCUT2D eigenvalue weighted by atomic mass is 19.4. The molecular formula is C14H15F3N4. The van der Waals surface area contributed by atoms with E-state index in [9.17, 15) is 13.2 Å². The summed E-state index contributed by atoms with van der Waals surface area (Å²) in [6.07, 6.45) is -0.755. The molecule has 4 nitrogen and oxygen atoms in total. The van der Waals surface area contributed by atoms with Crippen molar-refractivity contribution in [1.29, 1.82) is 0 Å². The molecule has 2 aromatic heterocycles. The second kappa shape index (κ2) is 5.05. The monoisotopic (exact) mass is 296 g/mol. The molecule has 3 heterocycles. The Morgan fingerprint density at radius 2 is 2.05 bits per heavy atom. The van der Waals surface area contributed by atoms with Crippen LogP contribution in [0.2, 0.25) is 0 Å². The van der Waals surface area contributed by atoms with E-state index in [0.717, 1.165) is 36.7 Å². The van der Waals surface area contributed by atoms with E-state index in [1.54, 1.807) is 6.20 Å². The molecule has 1 N–H and O–H groups in total. The number of aromatic amines is 1. The minimum atomic E-state index is -4.34. The van der Waals surface area contributed by atoms with Crippen LogP contribution in [-0.2, 0) is 6.18 Å². The van der Waals surface area contributed by atoms with Crippen LogP contribution in [0.5, 0.6) is 0 Å². The number of hydrogen-bond donors (Lipinski definition) is 1. The van der Waals surface area contributed by atoms with Gasteiger partial charge in [-0.2, -0.15) is 13.2 Å². The molecular weight excluding hydrogens is 281 g/mol. The van der Waals surface area contributed by atoms with Crippen LogP contribution in [0.1, 0.15) is 29.4 Å². The van der Waals surface area contributed by atoms with Gasteiger partial charge in [0, 0.05) is 37.1 Å². The Morgan fingerprint density at radius 1 is 1.24 bits per heavy atom. The number of nitrogens with zero attached hydrogens (tertiary/aromatic N) is 3. The number of aryl methyl sites for hydroxylation is 1. The minimum absolute atomic E-state index is 0.266. The maximum atomic E-state index is 12.5. The van der Waals surface area contributed by atoms with E-state index in [0.29, 0.717) is 12.4 Å². The molecule has 1 saturated heterocycles. The highest BCUT2D eigenvalue weighted by Gasteiger charge is 2.32. The summed E-state index contributed by atoms with van der Waals surface area (Å²) in [4.78, 5) is 13.5. The van der Waals surface area contributed by atoms with E-state index >= 15 is 0 Å². The van der Waals surface area contributed by atoms with Crippen LogP contribution >= 0.6 is 0 Å². The van der Waals surface area contributed by atoms with Crippen LogP contribution in [0.4, 0.5) is 19.0 Å². The van der Waals surface area contributed by atoms with E-state index in [1.807, 2.05) is 11.8 Å². The molecule has 7 heteroatoms. The smallest absolute Gasteiger partial charge is 0.356 e. The molecule has 1 aliphatic rings. The molecule has 21 heavy (non-hydrogen) atoms. The number of pyridine rings is 1. The summed E-state index contributed by atoms with van der Waals surface area (Å²) in [6, 6.07) is 2.51. The average Bonchev–Trinajstić information content (AvgIpc) is 3.06. The molecule has 0 amide bonds. The first kappa shape index (κ1) is 13.9. The maximum absolute atomic E-state index is 12.5. The lowest BCUT2D eigenvalue weighted by Gasteiger charge is -2.17. The van der Waals surface area contributed by atoms with E-state index < -0.39 is 11.7 Å². The molecule has 0 radical (unpaired) electrons. The normalized spacial score (nSPS) is 19.2. The fourth-order valence-electron chi connectivity index (χ4n) is 2.57. The van der Waals surface area contributed by atoms with Gasteiger partial charge in [0.15, 0.2) is 0 Å². The number of nitrogens with one attached hydrogen (secondary N) is 1. The molecule has 0 bridgehead atoms. The third kappa shape index (κ3) is 2.86. The Kier molecular flexibility index (Phi) is 3.35. The van der Waals surface area contributed by atoms with Crippen molar-refractivity contribution in [1.82, 2.24) is 15.0 Å². The number of hydrogen-bond acceptors (Lipinski definition) is 3. The summed E-state index contributed by atoms with van der Waals surface area (Å²) < 4.78 is 37.5. The topological polar surface area (TPSA) is 44.8 Å².